The van der Waals surface area contributed by atoms with Crippen LogP contribution in [0.25, 0.3) is 0 Å². The predicted molar refractivity (Wildman–Crippen MR) is 63.4 cm³/mol. The maximum atomic E-state index is 5.98. The van der Waals surface area contributed by atoms with Crippen LogP contribution in [0, 0.1) is 5.92 Å². The van der Waals surface area contributed by atoms with Crippen LogP contribution in [0.2, 0.25) is 0 Å². The van der Waals surface area contributed by atoms with Gasteiger partial charge in [-0.15, -0.1) is 0 Å². The fourth-order valence-corrected chi connectivity index (χ4v) is 2.36. The number of likely N-dealkylation sites (tertiary alicyclic amines) is 1. The molecule has 1 saturated heterocycles. The molecule has 0 aromatic carbocycles. The highest BCUT2D eigenvalue weighted by atomic mass is 79.9. The van der Waals surface area contributed by atoms with Gasteiger partial charge >= 0.3 is 0 Å². The third kappa shape index (κ3) is 2.62. The lowest BCUT2D eigenvalue weighted by atomic mass is 9.95. The number of nitrogens with zero attached hydrogens (tertiary/aromatic N) is 1. The van der Waals surface area contributed by atoms with Crippen molar-refractivity contribution < 1.29 is 4.42 Å². The molecule has 1 fully saturated rings. The smallest absolute Gasteiger partial charge is 0.131 e. The maximum Gasteiger partial charge on any atom is 0.131 e. The Morgan fingerprint density at radius 2 is 2.47 bits per heavy atom. The van der Waals surface area contributed by atoms with Gasteiger partial charge in [0.25, 0.3) is 0 Å². The third-order valence-electron chi connectivity index (χ3n) is 3.11. The van der Waals surface area contributed by atoms with E-state index in [0.29, 0.717) is 12.0 Å². The van der Waals surface area contributed by atoms with E-state index < -0.39 is 0 Å². The van der Waals surface area contributed by atoms with E-state index in [1.54, 1.807) is 6.26 Å². The minimum Gasteiger partial charge on any atom is -0.467 e. The molecule has 2 N–H and O–H groups in total. The fourth-order valence-electron chi connectivity index (χ4n) is 2.03. The van der Waals surface area contributed by atoms with Crippen LogP contribution in [0.3, 0.4) is 0 Å². The van der Waals surface area contributed by atoms with Gasteiger partial charge < -0.3 is 10.2 Å². The van der Waals surface area contributed by atoms with Crippen LogP contribution in [-0.4, -0.2) is 24.0 Å². The Kier molecular flexibility index (Phi) is 3.49. The molecule has 1 aromatic rings. The van der Waals surface area contributed by atoms with Crippen LogP contribution in [0.1, 0.15) is 19.1 Å². The van der Waals surface area contributed by atoms with Gasteiger partial charge in [0.1, 0.15) is 5.76 Å². The van der Waals surface area contributed by atoms with Gasteiger partial charge in [-0.2, -0.15) is 0 Å². The normalized spacial score (nSPS) is 28.2. The highest BCUT2D eigenvalue weighted by Crippen LogP contribution is 2.22. The standard InChI is InChI=1S/C11H17BrN2O/c1-8-6-14(4-2-10(8)13)7-11-9(12)3-5-15-11/h3,5,8,10H,2,4,6-7,13H2,1H3. The number of halogens is 1. The van der Waals surface area contributed by atoms with Crippen LogP contribution in [0.4, 0.5) is 0 Å². The average molecular weight is 273 g/mol. The van der Waals surface area contributed by atoms with Gasteiger partial charge in [-0.3, -0.25) is 4.90 Å². The zero-order valence-corrected chi connectivity index (χ0v) is 10.5. The molecule has 2 heterocycles. The Hall–Kier alpha value is -0.320. The van der Waals surface area contributed by atoms with Crippen molar-refractivity contribution in [1.82, 2.24) is 4.90 Å². The lowest BCUT2D eigenvalue weighted by Crippen LogP contribution is -2.45. The van der Waals surface area contributed by atoms with Gasteiger partial charge in [0.05, 0.1) is 17.3 Å². The molecule has 0 radical (unpaired) electrons. The van der Waals surface area contributed by atoms with Crippen molar-refractivity contribution in [3.05, 3.63) is 22.6 Å². The van der Waals surface area contributed by atoms with Gasteiger partial charge in [0, 0.05) is 19.1 Å². The number of nitrogens with two attached hydrogens (primary N) is 1. The average Bonchev–Trinajstić information content (AvgIpc) is 2.59. The quantitative estimate of drug-likeness (QED) is 0.898. The first kappa shape index (κ1) is 11.2. The third-order valence-corrected chi connectivity index (χ3v) is 3.82. The summed E-state index contributed by atoms with van der Waals surface area (Å²) < 4.78 is 6.47. The van der Waals surface area contributed by atoms with E-state index in [1.165, 1.54) is 0 Å². The van der Waals surface area contributed by atoms with Crippen LogP contribution in [0.5, 0.6) is 0 Å². The fraction of sp³-hybridized carbons (Fsp3) is 0.636. The summed E-state index contributed by atoms with van der Waals surface area (Å²) in [5.74, 6) is 1.59. The van der Waals surface area contributed by atoms with Crippen molar-refractivity contribution in [2.24, 2.45) is 11.7 Å². The molecule has 84 valence electrons. The Labute approximate surface area is 98.7 Å². The summed E-state index contributed by atoms with van der Waals surface area (Å²) in [6.45, 7) is 5.23. The summed E-state index contributed by atoms with van der Waals surface area (Å²) in [7, 11) is 0. The highest BCUT2D eigenvalue weighted by molar-refractivity contribution is 9.10. The monoisotopic (exact) mass is 272 g/mol. The van der Waals surface area contributed by atoms with Gasteiger partial charge in [-0.25, -0.2) is 0 Å². The van der Waals surface area contributed by atoms with Crippen molar-refractivity contribution in [3.8, 4) is 0 Å². The molecule has 0 saturated carbocycles. The molecule has 2 unspecified atom stereocenters. The number of furan rings is 1. The van der Waals surface area contributed by atoms with E-state index in [4.69, 9.17) is 10.2 Å². The number of hydrogen-bond acceptors (Lipinski definition) is 3. The summed E-state index contributed by atoms with van der Waals surface area (Å²) in [6, 6.07) is 2.30. The molecule has 0 bridgehead atoms. The van der Waals surface area contributed by atoms with E-state index in [9.17, 15) is 0 Å². The summed E-state index contributed by atoms with van der Waals surface area (Å²) in [4.78, 5) is 2.40. The van der Waals surface area contributed by atoms with E-state index >= 15 is 0 Å². The van der Waals surface area contributed by atoms with Crippen molar-refractivity contribution in [2.45, 2.75) is 25.9 Å². The SMILES string of the molecule is CC1CN(Cc2occc2Br)CCC1N. The van der Waals surface area contributed by atoms with E-state index in [2.05, 4.69) is 27.8 Å². The summed E-state index contributed by atoms with van der Waals surface area (Å²) >= 11 is 3.47. The molecular formula is C11H17BrN2O. The Morgan fingerprint density at radius 3 is 3.07 bits per heavy atom. The van der Waals surface area contributed by atoms with Crippen molar-refractivity contribution in [2.75, 3.05) is 13.1 Å². The highest BCUT2D eigenvalue weighted by Gasteiger charge is 2.23. The molecule has 3 nitrogen and oxygen atoms in total. The minimum absolute atomic E-state index is 0.362. The van der Waals surface area contributed by atoms with Crippen LogP contribution < -0.4 is 5.73 Å². The second-order valence-corrected chi connectivity index (χ2v) is 5.21. The molecule has 0 aliphatic carbocycles. The lowest BCUT2D eigenvalue weighted by Gasteiger charge is -2.34. The van der Waals surface area contributed by atoms with Crippen LogP contribution in [-0.2, 0) is 6.54 Å². The van der Waals surface area contributed by atoms with Gasteiger partial charge in [-0.05, 0) is 34.3 Å². The molecule has 15 heavy (non-hydrogen) atoms. The Morgan fingerprint density at radius 1 is 1.67 bits per heavy atom. The largest absolute Gasteiger partial charge is 0.467 e. The second kappa shape index (κ2) is 4.68. The van der Waals surface area contributed by atoms with E-state index in [-0.39, 0.29) is 0 Å². The number of rotatable bonds is 2. The number of hydrogen-bond donors (Lipinski definition) is 1. The zero-order valence-electron chi connectivity index (χ0n) is 8.95. The second-order valence-electron chi connectivity index (χ2n) is 4.36. The first-order chi connectivity index (χ1) is 7.16. The maximum absolute atomic E-state index is 5.98. The van der Waals surface area contributed by atoms with Gasteiger partial charge in [-0.1, -0.05) is 6.92 Å². The topological polar surface area (TPSA) is 42.4 Å². The Balaban J connectivity index is 1.94. The van der Waals surface area contributed by atoms with Gasteiger partial charge in [0.15, 0.2) is 0 Å². The zero-order chi connectivity index (χ0) is 10.8. The van der Waals surface area contributed by atoms with E-state index in [1.807, 2.05) is 6.07 Å². The molecule has 2 atom stereocenters. The molecule has 2 rings (SSSR count). The first-order valence-electron chi connectivity index (χ1n) is 5.36. The minimum atomic E-state index is 0.362. The van der Waals surface area contributed by atoms with Crippen LogP contribution >= 0.6 is 15.9 Å². The molecular weight excluding hydrogens is 256 g/mol. The van der Waals surface area contributed by atoms with Gasteiger partial charge in [0.2, 0.25) is 0 Å². The van der Waals surface area contributed by atoms with Crippen molar-refractivity contribution in [1.29, 1.82) is 0 Å². The predicted octanol–water partition coefficient (Wildman–Crippen LogP) is 2.21. The molecule has 1 aliphatic rings. The molecule has 1 aliphatic heterocycles. The van der Waals surface area contributed by atoms with Crippen molar-refractivity contribution >= 4 is 15.9 Å². The molecule has 1 aromatic heterocycles. The summed E-state index contributed by atoms with van der Waals surface area (Å²) in [5, 5.41) is 0. The lowest BCUT2D eigenvalue weighted by molar-refractivity contribution is 0.148. The first-order valence-corrected chi connectivity index (χ1v) is 6.16. The van der Waals surface area contributed by atoms with E-state index in [0.717, 1.165) is 36.3 Å². The molecule has 0 spiro atoms. The van der Waals surface area contributed by atoms with Crippen LogP contribution in [0.15, 0.2) is 21.2 Å². The molecule has 0 amide bonds. The molecule has 4 heteroatoms. The number of piperidine rings is 1. The summed E-state index contributed by atoms with van der Waals surface area (Å²) in [6.07, 6.45) is 2.80. The van der Waals surface area contributed by atoms with Crippen molar-refractivity contribution in [3.63, 3.8) is 0 Å². The Bertz CT molecular complexity index is 326. The summed E-state index contributed by atoms with van der Waals surface area (Å²) in [5.41, 5.74) is 5.98.